The number of nitriles is 1. The maximum absolute atomic E-state index is 12.7. The van der Waals surface area contributed by atoms with Crippen LogP contribution in [0.5, 0.6) is 0 Å². The molecule has 1 aromatic carbocycles. The molecule has 7 heteroatoms. The number of benzene rings is 1. The number of hydrogen-bond donors (Lipinski definition) is 0. The van der Waals surface area contributed by atoms with Gasteiger partial charge >= 0.3 is 0 Å². The molecule has 0 saturated carbocycles. The Bertz CT molecular complexity index is 780. The van der Waals surface area contributed by atoms with Crippen LogP contribution in [0.25, 0.3) is 0 Å². The quantitative estimate of drug-likeness (QED) is 0.732. The molecule has 142 valence electrons. The van der Waals surface area contributed by atoms with Crippen molar-refractivity contribution >= 4 is 23.2 Å². The first-order valence-corrected chi connectivity index (χ1v) is 9.44. The van der Waals surface area contributed by atoms with E-state index in [9.17, 15) is 4.79 Å². The summed E-state index contributed by atoms with van der Waals surface area (Å²) in [5, 5.41) is 9.62. The fourth-order valence-corrected chi connectivity index (χ4v) is 3.47. The number of piperazine rings is 1. The minimum absolute atomic E-state index is 0.0212. The van der Waals surface area contributed by atoms with E-state index in [0.29, 0.717) is 26.1 Å². The Balaban J connectivity index is 1.54. The minimum atomic E-state index is 0.0212. The largest absolute Gasteiger partial charge is 0.467 e. The number of hydrogen-bond acceptors (Lipinski definition) is 5. The Morgan fingerprint density at radius 1 is 1.19 bits per heavy atom. The highest BCUT2D eigenvalue weighted by Gasteiger charge is 2.23. The molecule has 0 atom stereocenters. The Morgan fingerprint density at radius 3 is 2.63 bits per heavy atom. The Labute approximate surface area is 164 Å². The van der Waals surface area contributed by atoms with Crippen LogP contribution in [0.4, 0.5) is 5.69 Å². The number of carbonyl (C=O) groups is 1. The molecule has 1 aromatic heterocycles. The summed E-state index contributed by atoms with van der Waals surface area (Å²) in [5.74, 6) is 0.748. The first kappa shape index (κ1) is 19.3. The second-order valence-corrected chi connectivity index (χ2v) is 6.92. The summed E-state index contributed by atoms with van der Waals surface area (Å²) in [5.41, 5.74) is 1.04. The summed E-state index contributed by atoms with van der Waals surface area (Å²) in [7, 11) is 0. The van der Waals surface area contributed by atoms with E-state index in [2.05, 4.69) is 15.9 Å². The Kier molecular flexibility index (Phi) is 6.74. The van der Waals surface area contributed by atoms with Crippen molar-refractivity contribution in [2.24, 2.45) is 0 Å². The summed E-state index contributed by atoms with van der Waals surface area (Å²) < 4.78 is 5.35. The van der Waals surface area contributed by atoms with E-state index >= 15 is 0 Å². The van der Waals surface area contributed by atoms with E-state index in [1.807, 2.05) is 30.3 Å². The average Bonchev–Trinajstić information content (AvgIpc) is 3.19. The van der Waals surface area contributed by atoms with E-state index in [-0.39, 0.29) is 5.91 Å². The lowest BCUT2D eigenvalue weighted by Crippen LogP contribution is -2.50. The number of rotatable bonds is 7. The smallest absolute Gasteiger partial charge is 0.237 e. The maximum Gasteiger partial charge on any atom is 0.237 e. The number of furan rings is 1. The first-order chi connectivity index (χ1) is 13.2. The first-order valence-electron chi connectivity index (χ1n) is 9.06. The van der Waals surface area contributed by atoms with Crippen molar-refractivity contribution in [2.45, 2.75) is 13.0 Å². The third kappa shape index (κ3) is 5.25. The van der Waals surface area contributed by atoms with E-state index < -0.39 is 0 Å². The van der Waals surface area contributed by atoms with Crippen molar-refractivity contribution < 1.29 is 9.21 Å². The predicted octanol–water partition coefficient (Wildman–Crippen LogP) is 3.00. The van der Waals surface area contributed by atoms with Crippen molar-refractivity contribution in [1.82, 2.24) is 9.80 Å². The van der Waals surface area contributed by atoms with Gasteiger partial charge in [-0.25, -0.2) is 0 Å². The fraction of sp³-hybridized carbons (Fsp3) is 0.400. The summed E-state index contributed by atoms with van der Waals surface area (Å²) in [4.78, 5) is 18.8. The third-order valence-corrected chi connectivity index (χ3v) is 5.02. The van der Waals surface area contributed by atoms with Gasteiger partial charge in [0.25, 0.3) is 0 Å². The summed E-state index contributed by atoms with van der Waals surface area (Å²) in [6.45, 7) is 4.40. The average molecular weight is 387 g/mol. The zero-order chi connectivity index (χ0) is 19.1. The molecule has 0 radical (unpaired) electrons. The summed E-state index contributed by atoms with van der Waals surface area (Å²) in [6, 6.07) is 13.6. The molecule has 6 nitrogen and oxygen atoms in total. The summed E-state index contributed by atoms with van der Waals surface area (Å²) >= 11 is 6.28. The molecule has 1 aliphatic rings. The molecule has 0 N–H and O–H groups in total. The normalized spacial score (nSPS) is 14.7. The second kappa shape index (κ2) is 9.45. The van der Waals surface area contributed by atoms with Gasteiger partial charge in [0.1, 0.15) is 5.76 Å². The van der Waals surface area contributed by atoms with Gasteiger partial charge in [0, 0.05) is 32.7 Å². The predicted molar refractivity (Wildman–Crippen MR) is 104 cm³/mol. The SMILES string of the molecule is N#CCCN(Cc1ccco1)C(=O)CN1CCN(c2ccccc2Cl)CC1. The van der Waals surface area contributed by atoms with Crippen molar-refractivity contribution in [3.63, 3.8) is 0 Å². The van der Waals surface area contributed by atoms with Crippen LogP contribution < -0.4 is 4.90 Å². The van der Waals surface area contributed by atoms with Crippen LogP contribution in [-0.4, -0.2) is 55.0 Å². The standard InChI is InChI=1S/C20H23ClN4O2/c21-18-6-1-2-7-19(18)24-12-10-23(11-13-24)16-20(26)25(9-4-8-22)15-17-5-3-14-27-17/h1-3,5-7,14H,4,9-13,15-16H2. The van der Waals surface area contributed by atoms with Crippen molar-refractivity contribution in [2.75, 3.05) is 44.2 Å². The van der Waals surface area contributed by atoms with Gasteiger partial charge in [-0.15, -0.1) is 0 Å². The molecule has 1 aliphatic heterocycles. The maximum atomic E-state index is 12.7. The molecule has 3 rings (SSSR count). The fourth-order valence-electron chi connectivity index (χ4n) is 3.21. The summed E-state index contributed by atoms with van der Waals surface area (Å²) in [6.07, 6.45) is 1.91. The molecule has 2 heterocycles. The lowest BCUT2D eigenvalue weighted by atomic mass is 10.2. The topological polar surface area (TPSA) is 63.7 Å². The zero-order valence-electron chi connectivity index (χ0n) is 15.2. The number of carbonyl (C=O) groups excluding carboxylic acids is 1. The van der Waals surface area contributed by atoms with Crippen LogP contribution in [0, 0.1) is 11.3 Å². The molecule has 27 heavy (non-hydrogen) atoms. The van der Waals surface area contributed by atoms with E-state index in [1.165, 1.54) is 0 Å². The van der Waals surface area contributed by atoms with E-state index in [1.54, 1.807) is 17.2 Å². The van der Waals surface area contributed by atoms with Crippen LogP contribution in [0.3, 0.4) is 0 Å². The second-order valence-electron chi connectivity index (χ2n) is 6.52. The molecule has 2 aromatic rings. The highest BCUT2D eigenvalue weighted by atomic mass is 35.5. The highest BCUT2D eigenvalue weighted by Crippen LogP contribution is 2.26. The monoisotopic (exact) mass is 386 g/mol. The molecule has 1 fully saturated rings. The molecular formula is C20H23ClN4O2. The van der Waals surface area contributed by atoms with Gasteiger partial charge in [-0.1, -0.05) is 23.7 Å². The molecule has 1 amide bonds. The van der Waals surface area contributed by atoms with Gasteiger partial charge in [-0.05, 0) is 24.3 Å². The van der Waals surface area contributed by atoms with Crippen LogP contribution in [0.1, 0.15) is 12.2 Å². The van der Waals surface area contributed by atoms with Gasteiger partial charge in [-0.3, -0.25) is 9.69 Å². The van der Waals surface area contributed by atoms with Gasteiger partial charge in [0.2, 0.25) is 5.91 Å². The molecule has 1 saturated heterocycles. The zero-order valence-corrected chi connectivity index (χ0v) is 15.9. The Hall–Kier alpha value is -2.49. The van der Waals surface area contributed by atoms with Crippen LogP contribution in [-0.2, 0) is 11.3 Å². The minimum Gasteiger partial charge on any atom is -0.467 e. The van der Waals surface area contributed by atoms with Crippen LogP contribution >= 0.6 is 11.6 Å². The molecule has 0 unspecified atom stereocenters. The van der Waals surface area contributed by atoms with Crippen molar-refractivity contribution in [3.8, 4) is 6.07 Å². The number of amides is 1. The highest BCUT2D eigenvalue weighted by molar-refractivity contribution is 6.33. The van der Waals surface area contributed by atoms with Gasteiger partial charge < -0.3 is 14.2 Å². The molecule has 0 bridgehead atoms. The van der Waals surface area contributed by atoms with Crippen molar-refractivity contribution in [1.29, 1.82) is 5.26 Å². The van der Waals surface area contributed by atoms with Gasteiger partial charge in [-0.2, -0.15) is 5.26 Å². The third-order valence-electron chi connectivity index (χ3n) is 4.70. The molecule has 0 spiro atoms. The molecule has 0 aliphatic carbocycles. The molecular weight excluding hydrogens is 364 g/mol. The van der Waals surface area contributed by atoms with E-state index in [4.69, 9.17) is 21.3 Å². The Morgan fingerprint density at radius 2 is 1.96 bits per heavy atom. The number of para-hydroxylation sites is 1. The number of halogens is 1. The number of anilines is 1. The van der Waals surface area contributed by atoms with Gasteiger partial charge in [0.15, 0.2) is 0 Å². The van der Waals surface area contributed by atoms with Crippen LogP contribution in [0.15, 0.2) is 47.1 Å². The van der Waals surface area contributed by atoms with Crippen molar-refractivity contribution in [3.05, 3.63) is 53.4 Å². The lowest BCUT2D eigenvalue weighted by Gasteiger charge is -2.36. The van der Waals surface area contributed by atoms with E-state index in [0.717, 1.165) is 42.6 Å². The van der Waals surface area contributed by atoms with Crippen LogP contribution in [0.2, 0.25) is 5.02 Å². The lowest BCUT2D eigenvalue weighted by molar-refractivity contribution is -0.133. The number of nitrogens with zero attached hydrogens (tertiary/aromatic N) is 4. The van der Waals surface area contributed by atoms with Gasteiger partial charge in [0.05, 0.1) is 42.6 Å².